The number of benzene rings is 1. The van der Waals surface area contributed by atoms with Gasteiger partial charge in [0.05, 0.1) is 40.8 Å². The number of anilines is 3. The van der Waals surface area contributed by atoms with E-state index in [0.717, 1.165) is 5.69 Å². The first-order valence-electron chi connectivity index (χ1n) is 9.69. The monoisotopic (exact) mass is 447 g/mol. The zero-order valence-corrected chi connectivity index (χ0v) is 18.3. The highest BCUT2D eigenvalue weighted by Gasteiger charge is 2.18. The number of fused-ring (bicyclic) bond motifs is 1. The lowest BCUT2D eigenvalue weighted by atomic mass is 10.1. The van der Waals surface area contributed by atoms with Crippen LogP contribution in [0, 0.1) is 5.41 Å². The van der Waals surface area contributed by atoms with Crippen LogP contribution in [0.3, 0.4) is 0 Å². The van der Waals surface area contributed by atoms with Crippen LogP contribution in [-0.2, 0) is 6.54 Å². The number of hydrogen-bond acceptors (Lipinski definition) is 9. The van der Waals surface area contributed by atoms with E-state index in [9.17, 15) is 4.79 Å². The first kappa shape index (κ1) is 21.2. The molecule has 9 nitrogen and oxygen atoms in total. The van der Waals surface area contributed by atoms with Crippen LogP contribution in [0.25, 0.3) is 10.2 Å². The van der Waals surface area contributed by atoms with Gasteiger partial charge in [-0.15, -0.1) is 11.3 Å². The predicted octanol–water partition coefficient (Wildman–Crippen LogP) is 3.93. The molecule has 0 aliphatic rings. The van der Waals surface area contributed by atoms with Crippen molar-refractivity contribution in [3.05, 3.63) is 64.9 Å². The molecular formula is C22H21N7O2S. The molecule has 0 aliphatic heterocycles. The topological polar surface area (TPSA) is 139 Å². The van der Waals surface area contributed by atoms with Gasteiger partial charge in [0.2, 0.25) is 5.88 Å². The molecule has 0 aliphatic carbocycles. The number of carbonyl (C=O) groups excluding carboxylic acids is 1. The van der Waals surface area contributed by atoms with Crippen LogP contribution in [0.5, 0.6) is 5.88 Å². The molecule has 0 saturated carbocycles. The number of rotatable bonds is 7. The second kappa shape index (κ2) is 8.98. The average Bonchev–Trinajstić information content (AvgIpc) is 3.23. The fraction of sp³-hybridized carbons (Fsp3) is 0.136. The Hall–Kier alpha value is -4.05. The Labute approximate surface area is 188 Å². The number of methoxy groups -OCH3 is 1. The van der Waals surface area contributed by atoms with E-state index in [4.69, 9.17) is 15.9 Å². The maximum atomic E-state index is 13.0. The largest absolute Gasteiger partial charge is 0.481 e. The maximum absolute atomic E-state index is 13.0. The van der Waals surface area contributed by atoms with Crippen LogP contribution >= 0.6 is 11.3 Å². The van der Waals surface area contributed by atoms with Crippen LogP contribution in [-0.4, -0.2) is 33.7 Å². The number of nitrogen functional groups attached to an aromatic ring is 1. The molecule has 32 heavy (non-hydrogen) atoms. The molecule has 5 N–H and O–H groups in total. The molecule has 0 spiro atoms. The minimum absolute atomic E-state index is 0.309. The van der Waals surface area contributed by atoms with Crippen LogP contribution in [0.2, 0.25) is 0 Å². The number of thiophene rings is 1. The smallest absolute Gasteiger partial charge is 0.258 e. The first-order chi connectivity index (χ1) is 15.5. The van der Waals surface area contributed by atoms with Crippen LogP contribution < -0.4 is 21.1 Å². The van der Waals surface area contributed by atoms with E-state index in [-0.39, 0.29) is 5.91 Å². The number of amides is 1. The molecule has 1 amide bonds. The summed E-state index contributed by atoms with van der Waals surface area (Å²) in [6.07, 6.45) is 1.34. The summed E-state index contributed by atoms with van der Waals surface area (Å²) < 4.78 is 5.84. The van der Waals surface area contributed by atoms with Crippen molar-refractivity contribution in [3.63, 3.8) is 0 Å². The maximum Gasteiger partial charge on any atom is 0.258 e. The van der Waals surface area contributed by atoms with Gasteiger partial charge in [-0.1, -0.05) is 12.1 Å². The summed E-state index contributed by atoms with van der Waals surface area (Å²) in [5.41, 5.74) is 9.72. The zero-order chi connectivity index (χ0) is 22.7. The summed E-state index contributed by atoms with van der Waals surface area (Å²) in [5.74, 6) is 0.539. The van der Waals surface area contributed by atoms with Gasteiger partial charge in [0.1, 0.15) is 12.1 Å². The van der Waals surface area contributed by atoms with Crippen molar-refractivity contribution in [1.82, 2.24) is 15.0 Å². The highest BCUT2D eigenvalue weighted by molar-refractivity contribution is 7.18. The highest BCUT2D eigenvalue weighted by Crippen LogP contribution is 2.30. The predicted molar refractivity (Wildman–Crippen MR) is 127 cm³/mol. The summed E-state index contributed by atoms with van der Waals surface area (Å²) in [6, 6.07) is 11.0. The Balaban J connectivity index is 1.60. The molecule has 0 atom stereocenters. The Bertz CT molecular complexity index is 1320. The lowest BCUT2D eigenvalue weighted by Crippen LogP contribution is -2.16. The van der Waals surface area contributed by atoms with Gasteiger partial charge in [-0.05, 0) is 25.1 Å². The minimum Gasteiger partial charge on any atom is -0.481 e. The third-order valence-electron chi connectivity index (χ3n) is 4.76. The van der Waals surface area contributed by atoms with Gasteiger partial charge in [-0.2, -0.15) is 0 Å². The van der Waals surface area contributed by atoms with E-state index in [1.165, 1.54) is 17.7 Å². The quantitative estimate of drug-likeness (QED) is 0.315. The number of ether oxygens (including phenoxy) is 1. The van der Waals surface area contributed by atoms with Gasteiger partial charge in [0.15, 0.2) is 0 Å². The van der Waals surface area contributed by atoms with E-state index >= 15 is 0 Å². The molecular weight excluding hydrogens is 426 g/mol. The van der Waals surface area contributed by atoms with Crippen molar-refractivity contribution in [2.24, 2.45) is 0 Å². The van der Waals surface area contributed by atoms with Crippen molar-refractivity contribution in [3.8, 4) is 5.88 Å². The third kappa shape index (κ3) is 4.21. The fourth-order valence-electron chi connectivity index (χ4n) is 3.28. The molecule has 4 rings (SSSR count). The van der Waals surface area contributed by atoms with Gasteiger partial charge in [-0.25, -0.2) is 15.0 Å². The highest BCUT2D eigenvalue weighted by atomic mass is 32.1. The summed E-state index contributed by atoms with van der Waals surface area (Å²) in [6.45, 7) is 2.11. The molecule has 3 aromatic heterocycles. The Morgan fingerprint density at radius 2 is 1.97 bits per heavy atom. The number of aromatic nitrogens is 3. The SMILES string of the molecule is COc1cccc(CNc2cccc(NC(=O)c3csc4c(N)ncnc34)c2C(C)=N)n1. The summed E-state index contributed by atoms with van der Waals surface area (Å²) in [4.78, 5) is 25.6. The molecule has 1 aromatic carbocycles. The number of nitrogens with one attached hydrogen (secondary N) is 3. The third-order valence-corrected chi connectivity index (χ3v) is 5.76. The second-order valence-corrected chi connectivity index (χ2v) is 7.80. The van der Waals surface area contributed by atoms with Crippen molar-refractivity contribution in [2.75, 3.05) is 23.5 Å². The molecule has 0 bridgehead atoms. The van der Waals surface area contributed by atoms with Gasteiger partial charge in [0.25, 0.3) is 5.91 Å². The average molecular weight is 448 g/mol. The van der Waals surface area contributed by atoms with Gasteiger partial charge in [-0.3, -0.25) is 4.79 Å². The molecule has 0 fully saturated rings. The molecule has 0 saturated heterocycles. The minimum atomic E-state index is -0.330. The molecule has 3 heterocycles. The van der Waals surface area contributed by atoms with Crippen molar-refractivity contribution in [2.45, 2.75) is 13.5 Å². The van der Waals surface area contributed by atoms with E-state index in [2.05, 4.69) is 25.6 Å². The second-order valence-electron chi connectivity index (χ2n) is 6.92. The molecule has 0 radical (unpaired) electrons. The fourth-order valence-corrected chi connectivity index (χ4v) is 4.19. The van der Waals surface area contributed by atoms with Gasteiger partial charge < -0.3 is 26.5 Å². The summed E-state index contributed by atoms with van der Waals surface area (Å²) in [5, 5.41) is 16.2. The van der Waals surface area contributed by atoms with Crippen molar-refractivity contribution < 1.29 is 9.53 Å². The first-order valence-corrected chi connectivity index (χ1v) is 10.6. The molecule has 0 unspecified atom stereocenters. The zero-order valence-electron chi connectivity index (χ0n) is 17.5. The normalized spacial score (nSPS) is 10.7. The van der Waals surface area contributed by atoms with Crippen LogP contribution in [0.4, 0.5) is 17.2 Å². The molecule has 4 aromatic rings. The van der Waals surface area contributed by atoms with Crippen LogP contribution in [0.1, 0.15) is 28.5 Å². The van der Waals surface area contributed by atoms with Crippen LogP contribution in [0.15, 0.2) is 48.1 Å². The Morgan fingerprint density at radius 1 is 1.19 bits per heavy atom. The number of carbonyl (C=O) groups is 1. The van der Waals surface area contributed by atoms with E-state index in [1.54, 1.807) is 31.5 Å². The number of nitrogens with two attached hydrogens (primary N) is 1. The van der Waals surface area contributed by atoms with Gasteiger partial charge in [0, 0.05) is 28.4 Å². The van der Waals surface area contributed by atoms with Crippen molar-refractivity contribution in [1.29, 1.82) is 5.41 Å². The van der Waals surface area contributed by atoms with E-state index < -0.39 is 0 Å². The lowest BCUT2D eigenvalue weighted by Gasteiger charge is -2.16. The number of pyridine rings is 1. The Kier molecular flexibility index (Phi) is 5.95. The van der Waals surface area contributed by atoms with E-state index in [0.29, 0.717) is 56.7 Å². The standard InChI is InChI=1S/C22H21N7O2S/c1-12(23)18-15(25-9-13-5-3-8-17(28-13)31-2)6-4-7-16(18)29-22(30)14-10-32-20-19(14)26-11-27-21(20)24/h3-8,10-11,23,25H,9H2,1-2H3,(H,29,30)(H2,24,26,27). The summed E-state index contributed by atoms with van der Waals surface area (Å²) in [7, 11) is 1.57. The number of nitrogens with zero attached hydrogens (tertiary/aromatic N) is 3. The van der Waals surface area contributed by atoms with Gasteiger partial charge >= 0.3 is 0 Å². The lowest BCUT2D eigenvalue weighted by molar-refractivity contribution is 0.102. The Morgan fingerprint density at radius 3 is 2.75 bits per heavy atom. The molecule has 162 valence electrons. The number of hydrogen-bond donors (Lipinski definition) is 4. The molecule has 10 heteroatoms. The summed E-state index contributed by atoms with van der Waals surface area (Å²) >= 11 is 1.32. The van der Waals surface area contributed by atoms with Crippen molar-refractivity contribution >= 4 is 50.4 Å². The van der Waals surface area contributed by atoms with E-state index in [1.807, 2.05) is 24.3 Å².